The van der Waals surface area contributed by atoms with E-state index in [1.807, 2.05) is 23.1 Å². The van der Waals surface area contributed by atoms with Gasteiger partial charge in [0, 0.05) is 44.8 Å². The van der Waals surface area contributed by atoms with Gasteiger partial charge in [0.15, 0.2) is 0 Å². The number of rotatable bonds is 5. The second-order valence-electron chi connectivity index (χ2n) is 8.84. The van der Waals surface area contributed by atoms with Crippen molar-refractivity contribution in [3.8, 4) is 0 Å². The van der Waals surface area contributed by atoms with Crippen LogP contribution in [0.3, 0.4) is 0 Å². The van der Waals surface area contributed by atoms with Crippen LogP contribution in [0.25, 0.3) is 0 Å². The number of benzene rings is 2. The molecule has 1 atom stereocenters. The summed E-state index contributed by atoms with van der Waals surface area (Å²) in [7, 11) is -3.80. The van der Waals surface area contributed by atoms with E-state index >= 15 is 0 Å². The molecule has 0 radical (unpaired) electrons. The number of carbonyl (C=O) groups excluding carboxylic acids is 1. The molecular formula is C24H32N4O3S. The van der Waals surface area contributed by atoms with Gasteiger partial charge < -0.3 is 15.1 Å². The molecule has 0 saturated carbocycles. The highest BCUT2D eigenvalue weighted by Gasteiger charge is 2.25. The van der Waals surface area contributed by atoms with Crippen LogP contribution in [0.4, 0.5) is 11.4 Å². The minimum absolute atomic E-state index is 0.0419. The number of carbonyl (C=O) groups is 1. The predicted octanol–water partition coefficient (Wildman–Crippen LogP) is 3.08. The Balaban J connectivity index is 1.69. The molecule has 172 valence electrons. The fraction of sp³-hybridized carbons (Fsp3) is 0.458. The lowest BCUT2D eigenvalue weighted by atomic mass is 9.99. The molecule has 2 aromatic rings. The van der Waals surface area contributed by atoms with Gasteiger partial charge in [0.1, 0.15) is 0 Å². The largest absolute Gasteiger partial charge is 0.367 e. The first-order chi connectivity index (χ1) is 15.3. The summed E-state index contributed by atoms with van der Waals surface area (Å²) in [6.45, 7) is 8.63. The molecule has 1 amide bonds. The quantitative estimate of drug-likeness (QED) is 0.723. The van der Waals surface area contributed by atoms with E-state index in [1.54, 1.807) is 31.2 Å². The van der Waals surface area contributed by atoms with Crippen LogP contribution in [0.15, 0.2) is 47.4 Å². The molecule has 8 heteroatoms. The molecule has 0 bridgehead atoms. The van der Waals surface area contributed by atoms with Gasteiger partial charge >= 0.3 is 0 Å². The Morgan fingerprint density at radius 1 is 1.09 bits per heavy atom. The summed E-state index contributed by atoms with van der Waals surface area (Å²) in [6, 6.07) is 12.3. The summed E-state index contributed by atoms with van der Waals surface area (Å²) in [4.78, 5) is 17.5. The lowest BCUT2D eigenvalue weighted by Gasteiger charge is -2.33. The zero-order chi connectivity index (χ0) is 22.7. The Hall–Kier alpha value is -2.58. The highest BCUT2D eigenvalue weighted by molar-refractivity contribution is 7.92. The maximum atomic E-state index is 13.2. The number of nitrogens with one attached hydrogen (secondary N) is 2. The normalized spacial score (nSPS) is 19.6. The molecule has 2 aliphatic heterocycles. The van der Waals surface area contributed by atoms with Crippen LogP contribution in [0.1, 0.15) is 35.7 Å². The molecule has 0 spiro atoms. The number of aryl methyl sites for hydroxylation is 1. The van der Waals surface area contributed by atoms with E-state index in [1.165, 1.54) is 0 Å². The number of sulfonamides is 1. The molecule has 2 N–H and O–H groups in total. The van der Waals surface area contributed by atoms with Crippen LogP contribution in [-0.2, 0) is 10.0 Å². The SMILES string of the molecule is Cc1ccccc1S(=O)(=O)Nc1cc(C(=O)N2CCC[C@@H](C)C2)ccc1N1CCNCC1. The average Bonchev–Trinajstić information content (AvgIpc) is 2.79. The maximum Gasteiger partial charge on any atom is 0.262 e. The smallest absolute Gasteiger partial charge is 0.262 e. The number of piperazine rings is 1. The number of hydrogen-bond acceptors (Lipinski definition) is 5. The summed E-state index contributed by atoms with van der Waals surface area (Å²) in [5.41, 5.74) is 2.44. The molecule has 4 rings (SSSR count). The number of likely N-dealkylation sites (tertiary alicyclic amines) is 1. The van der Waals surface area contributed by atoms with Gasteiger partial charge in [-0.1, -0.05) is 25.1 Å². The fourth-order valence-electron chi connectivity index (χ4n) is 4.55. The lowest BCUT2D eigenvalue weighted by Crippen LogP contribution is -2.44. The van der Waals surface area contributed by atoms with Crippen molar-refractivity contribution in [3.05, 3.63) is 53.6 Å². The van der Waals surface area contributed by atoms with Crippen LogP contribution in [-0.4, -0.2) is 58.5 Å². The second-order valence-corrected chi connectivity index (χ2v) is 10.5. The van der Waals surface area contributed by atoms with Gasteiger partial charge in [0.25, 0.3) is 15.9 Å². The van der Waals surface area contributed by atoms with Gasteiger partial charge in [-0.3, -0.25) is 9.52 Å². The molecule has 2 heterocycles. The van der Waals surface area contributed by atoms with Crippen molar-refractivity contribution in [2.24, 2.45) is 5.92 Å². The number of hydrogen-bond donors (Lipinski definition) is 2. The van der Waals surface area contributed by atoms with E-state index in [9.17, 15) is 13.2 Å². The topological polar surface area (TPSA) is 81.8 Å². The van der Waals surface area contributed by atoms with Crippen molar-refractivity contribution in [1.29, 1.82) is 0 Å². The van der Waals surface area contributed by atoms with E-state index < -0.39 is 10.0 Å². The number of anilines is 2. The third kappa shape index (κ3) is 4.91. The Labute approximate surface area is 190 Å². The Morgan fingerprint density at radius 2 is 1.84 bits per heavy atom. The van der Waals surface area contributed by atoms with E-state index in [-0.39, 0.29) is 10.8 Å². The first-order valence-corrected chi connectivity index (χ1v) is 12.8. The summed E-state index contributed by atoms with van der Waals surface area (Å²) in [6.07, 6.45) is 2.13. The van der Waals surface area contributed by atoms with Crippen molar-refractivity contribution in [1.82, 2.24) is 10.2 Å². The zero-order valence-electron chi connectivity index (χ0n) is 18.8. The minimum atomic E-state index is -3.80. The summed E-state index contributed by atoms with van der Waals surface area (Å²) in [5.74, 6) is 0.437. The monoisotopic (exact) mass is 456 g/mol. The Morgan fingerprint density at radius 3 is 2.56 bits per heavy atom. The van der Waals surface area contributed by atoms with Crippen LogP contribution in [0, 0.1) is 12.8 Å². The Kier molecular flexibility index (Phi) is 6.71. The average molecular weight is 457 g/mol. The zero-order valence-corrected chi connectivity index (χ0v) is 19.6. The summed E-state index contributed by atoms with van der Waals surface area (Å²) < 4.78 is 29.3. The van der Waals surface area contributed by atoms with Crippen molar-refractivity contribution in [2.75, 3.05) is 48.9 Å². The summed E-state index contributed by atoms with van der Waals surface area (Å²) in [5, 5.41) is 3.32. The lowest BCUT2D eigenvalue weighted by molar-refractivity contribution is 0.0683. The molecule has 0 unspecified atom stereocenters. The molecule has 32 heavy (non-hydrogen) atoms. The highest BCUT2D eigenvalue weighted by Crippen LogP contribution is 2.31. The third-order valence-corrected chi connectivity index (χ3v) is 7.80. The number of amides is 1. The fourth-order valence-corrected chi connectivity index (χ4v) is 5.86. The van der Waals surface area contributed by atoms with Crippen molar-refractivity contribution < 1.29 is 13.2 Å². The second kappa shape index (κ2) is 9.50. The van der Waals surface area contributed by atoms with E-state index in [0.717, 1.165) is 57.8 Å². The minimum Gasteiger partial charge on any atom is -0.367 e. The van der Waals surface area contributed by atoms with Crippen molar-refractivity contribution in [3.63, 3.8) is 0 Å². The Bertz CT molecular complexity index is 1080. The van der Waals surface area contributed by atoms with Crippen LogP contribution in [0.2, 0.25) is 0 Å². The van der Waals surface area contributed by atoms with E-state index in [0.29, 0.717) is 22.7 Å². The maximum absolute atomic E-state index is 13.2. The van der Waals surface area contributed by atoms with Gasteiger partial charge in [-0.25, -0.2) is 8.42 Å². The molecule has 0 aliphatic carbocycles. The van der Waals surface area contributed by atoms with Crippen LogP contribution in [0.5, 0.6) is 0 Å². The van der Waals surface area contributed by atoms with E-state index in [2.05, 4.69) is 21.9 Å². The van der Waals surface area contributed by atoms with Gasteiger partial charge in [-0.05, 0) is 55.5 Å². The number of nitrogens with zero attached hydrogens (tertiary/aromatic N) is 2. The predicted molar refractivity (Wildman–Crippen MR) is 128 cm³/mol. The molecule has 2 aliphatic rings. The molecule has 0 aromatic heterocycles. The van der Waals surface area contributed by atoms with Crippen LogP contribution < -0.4 is 14.9 Å². The molecule has 7 nitrogen and oxygen atoms in total. The molecule has 2 aromatic carbocycles. The first kappa shape index (κ1) is 22.6. The first-order valence-electron chi connectivity index (χ1n) is 11.3. The van der Waals surface area contributed by atoms with Gasteiger partial charge in [-0.15, -0.1) is 0 Å². The van der Waals surface area contributed by atoms with Crippen molar-refractivity contribution in [2.45, 2.75) is 31.6 Å². The molecule has 2 saturated heterocycles. The summed E-state index contributed by atoms with van der Waals surface area (Å²) >= 11 is 0. The third-order valence-electron chi connectivity index (χ3n) is 6.27. The van der Waals surface area contributed by atoms with Gasteiger partial charge in [0.2, 0.25) is 0 Å². The van der Waals surface area contributed by atoms with Gasteiger partial charge in [-0.2, -0.15) is 0 Å². The van der Waals surface area contributed by atoms with Crippen molar-refractivity contribution >= 4 is 27.3 Å². The highest BCUT2D eigenvalue weighted by atomic mass is 32.2. The van der Waals surface area contributed by atoms with E-state index in [4.69, 9.17) is 0 Å². The standard InChI is InChI=1S/C24H32N4O3S/c1-18-6-5-13-28(17-18)24(29)20-9-10-22(27-14-11-25-12-15-27)21(16-20)26-32(30,31)23-8-4-3-7-19(23)2/h3-4,7-10,16,18,25-26H,5-6,11-15,17H2,1-2H3/t18-/m1/s1. The molecule has 2 fully saturated rings. The van der Waals surface area contributed by atoms with Crippen LogP contribution >= 0.6 is 0 Å². The van der Waals surface area contributed by atoms with Gasteiger partial charge in [0.05, 0.1) is 16.3 Å². The molecular weight excluding hydrogens is 424 g/mol. The number of piperidine rings is 1.